The molecule has 0 atom stereocenters. The van der Waals surface area contributed by atoms with Gasteiger partial charge in [-0.1, -0.05) is 29.3 Å². The zero-order chi connectivity index (χ0) is 20.7. The molecular formula is C23H16Cl2N2O3. The Labute approximate surface area is 183 Å². The molecule has 0 spiro atoms. The number of carbonyl (C=O) groups is 1. The van der Waals surface area contributed by atoms with Crippen LogP contribution in [-0.2, 0) is 13.1 Å². The lowest BCUT2D eigenvalue weighted by Gasteiger charge is -2.29. The van der Waals surface area contributed by atoms with Crippen LogP contribution in [0.5, 0.6) is 11.5 Å². The monoisotopic (exact) mass is 438 g/mol. The van der Waals surface area contributed by atoms with Crippen LogP contribution in [0.15, 0.2) is 60.6 Å². The summed E-state index contributed by atoms with van der Waals surface area (Å²) in [4.78, 5) is 19.1. The smallest absolute Gasteiger partial charge is 0.231 e. The first kappa shape index (κ1) is 19.1. The van der Waals surface area contributed by atoms with Crippen molar-refractivity contribution in [2.45, 2.75) is 13.1 Å². The summed E-state index contributed by atoms with van der Waals surface area (Å²) in [5.74, 6) is 1.39. The predicted octanol–water partition coefficient (Wildman–Crippen LogP) is 5.36. The number of nitrogens with zero attached hydrogens (tertiary/aromatic N) is 2. The second-order valence-electron chi connectivity index (χ2n) is 7.15. The standard InChI is InChI=1S/C23H16Cl2N2O3/c24-18-3-1-15(9-19(18)25)10-21-22(28)16-2-4-20-17(23(16)30-21)12-27(13-29-20)11-14-5-7-26-8-6-14/h1-10H,11-13H2/b21-10-. The molecule has 0 saturated carbocycles. The van der Waals surface area contributed by atoms with Crippen LogP contribution in [-0.4, -0.2) is 22.4 Å². The predicted molar refractivity (Wildman–Crippen MR) is 115 cm³/mol. The normalized spacial score (nSPS) is 16.7. The van der Waals surface area contributed by atoms with Crippen molar-refractivity contribution in [1.82, 2.24) is 9.88 Å². The highest BCUT2D eigenvalue weighted by Gasteiger charge is 2.33. The maximum Gasteiger partial charge on any atom is 0.231 e. The summed E-state index contributed by atoms with van der Waals surface area (Å²) >= 11 is 12.1. The van der Waals surface area contributed by atoms with E-state index in [4.69, 9.17) is 32.7 Å². The fourth-order valence-electron chi connectivity index (χ4n) is 3.61. The number of fused-ring (bicyclic) bond motifs is 3. The van der Waals surface area contributed by atoms with Crippen LogP contribution in [0, 0.1) is 0 Å². The largest absolute Gasteiger partial charge is 0.478 e. The van der Waals surface area contributed by atoms with Crippen molar-refractivity contribution in [3.8, 4) is 11.5 Å². The minimum atomic E-state index is -0.162. The number of halogens is 2. The van der Waals surface area contributed by atoms with E-state index in [0.29, 0.717) is 41.2 Å². The topological polar surface area (TPSA) is 51.7 Å². The van der Waals surface area contributed by atoms with Gasteiger partial charge < -0.3 is 9.47 Å². The van der Waals surface area contributed by atoms with Gasteiger partial charge in [-0.3, -0.25) is 14.7 Å². The molecule has 5 nitrogen and oxygen atoms in total. The molecule has 0 amide bonds. The van der Waals surface area contributed by atoms with Crippen LogP contribution in [0.1, 0.15) is 27.0 Å². The van der Waals surface area contributed by atoms with Crippen LogP contribution in [0.3, 0.4) is 0 Å². The van der Waals surface area contributed by atoms with Crippen molar-refractivity contribution < 1.29 is 14.3 Å². The van der Waals surface area contributed by atoms with Gasteiger partial charge in [0.25, 0.3) is 0 Å². The molecule has 0 radical (unpaired) electrons. The Bertz CT molecular complexity index is 1180. The Kier molecular flexibility index (Phi) is 4.95. The lowest BCUT2D eigenvalue weighted by molar-refractivity contribution is 0.0872. The Hall–Kier alpha value is -2.86. The van der Waals surface area contributed by atoms with Gasteiger partial charge in [0.1, 0.15) is 18.2 Å². The molecule has 0 unspecified atom stereocenters. The van der Waals surface area contributed by atoms with Crippen molar-refractivity contribution >= 4 is 35.1 Å². The van der Waals surface area contributed by atoms with E-state index in [9.17, 15) is 4.79 Å². The molecule has 150 valence electrons. The maximum atomic E-state index is 12.9. The molecule has 0 N–H and O–H groups in total. The quantitative estimate of drug-likeness (QED) is 0.515. The third-order valence-electron chi connectivity index (χ3n) is 5.08. The van der Waals surface area contributed by atoms with Crippen molar-refractivity contribution in [1.29, 1.82) is 0 Å². The van der Waals surface area contributed by atoms with Gasteiger partial charge in [-0.15, -0.1) is 0 Å². The van der Waals surface area contributed by atoms with E-state index in [0.717, 1.165) is 22.4 Å². The number of aromatic nitrogens is 1. The van der Waals surface area contributed by atoms with Gasteiger partial charge in [-0.2, -0.15) is 0 Å². The zero-order valence-corrected chi connectivity index (χ0v) is 17.3. The molecule has 2 aromatic carbocycles. The van der Waals surface area contributed by atoms with E-state index in [-0.39, 0.29) is 11.5 Å². The van der Waals surface area contributed by atoms with E-state index in [1.165, 1.54) is 0 Å². The number of Topliss-reactive ketones (excluding diaryl/α,β-unsaturated/α-hetero) is 1. The van der Waals surface area contributed by atoms with E-state index in [1.807, 2.05) is 18.2 Å². The van der Waals surface area contributed by atoms with E-state index < -0.39 is 0 Å². The highest BCUT2D eigenvalue weighted by Crippen LogP contribution is 2.42. The number of hydrogen-bond donors (Lipinski definition) is 0. The molecule has 3 aromatic rings. The lowest BCUT2D eigenvalue weighted by atomic mass is 10.0. The SMILES string of the molecule is O=C1/C(=C/c2ccc(Cl)c(Cl)c2)Oc2c1ccc1c2CN(Cc2ccncc2)CO1. The van der Waals surface area contributed by atoms with Gasteiger partial charge in [0.05, 0.1) is 21.2 Å². The summed E-state index contributed by atoms with van der Waals surface area (Å²) in [6.45, 7) is 1.80. The first-order chi connectivity index (χ1) is 14.6. The molecule has 0 saturated heterocycles. The Morgan fingerprint density at radius 2 is 1.90 bits per heavy atom. The van der Waals surface area contributed by atoms with Crippen molar-refractivity contribution in [2.75, 3.05) is 6.73 Å². The fourth-order valence-corrected chi connectivity index (χ4v) is 3.91. The number of pyridine rings is 1. The Morgan fingerprint density at radius 1 is 1.07 bits per heavy atom. The number of benzene rings is 2. The number of ether oxygens (including phenoxy) is 2. The Morgan fingerprint density at radius 3 is 2.70 bits per heavy atom. The van der Waals surface area contributed by atoms with E-state index in [2.05, 4.69) is 9.88 Å². The van der Waals surface area contributed by atoms with Crippen LogP contribution >= 0.6 is 23.2 Å². The lowest BCUT2D eigenvalue weighted by Crippen LogP contribution is -2.31. The number of allylic oxidation sites excluding steroid dienone is 1. The van der Waals surface area contributed by atoms with Gasteiger partial charge in [0.2, 0.25) is 5.78 Å². The minimum absolute atomic E-state index is 0.162. The maximum absolute atomic E-state index is 12.9. The van der Waals surface area contributed by atoms with Crippen LogP contribution in [0.25, 0.3) is 6.08 Å². The summed E-state index contributed by atoms with van der Waals surface area (Å²) in [6.07, 6.45) is 5.22. The average Bonchev–Trinajstić information content (AvgIpc) is 3.07. The summed E-state index contributed by atoms with van der Waals surface area (Å²) in [5, 5.41) is 0.882. The molecular weight excluding hydrogens is 423 g/mol. The van der Waals surface area contributed by atoms with Crippen molar-refractivity contribution in [2.24, 2.45) is 0 Å². The number of ketones is 1. The first-order valence-corrected chi connectivity index (χ1v) is 10.1. The molecule has 2 aliphatic rings. The number of carbonyl (C=O) groups excluding carboxylic acids is 1. The average molecular weight is 439 g/mol. The highest BCUT2D eigenvalue weighted by atomic mass is 35.5. The van der Waals surface area contributed by atoms with Crippen LogP contribution in [0.2, 0.25) is 10.0 Å². The highest BCUT2D eigenvalue weighted by molar-refractivity contribution is 6.42. The molecule has 7 heteroatoms. The minimum Gasteiger partial charge on any atom is -0.478 e. The number of rotatable bonds is 3. The van der Waals surface area contributed by atoms with E-state index in [1.54, 1.807) is 42.7 Å². The molecule has 5 rings (SSSR count). The van der Waals surface area contributed by atoms with Gasteiger partial charge in [-0.25, -0.2) is 0 Å². The third-order valence-corrected chi connectivity index (χ3v) is 5.82. The van der Waals surface area contributed by atoms with E-state index >= 15 is 0 Å². The molecule has 3 heterocycles. The molecule has 1 aromatic heterocycles. The number of hydrogen-bond acceptors (Lipinski definition) is 5. The summed E-state index contributed by atoms with van der Waals surface area (Å²) in [7, 11) is 0. The third kappa shape index (κ3) is 3.56. The van der Waals surface area contributed by atoms with Gasteiger partial charge in [0.15, 0.2) is 5.76 Å². The molecule has 30 heavy (non-hydrogen) atoms. The Balaban J connectivity index is 1.43. The van der Waals surface area contributed by atoms with Crippen LogP contribution in [0.4, 0.5) is 0 Å². The van der Waals surface area contributed by atoms with Crippen LogP contribution < -0.4 is 9.47 Å². The molecule has 0 aliphatic carbocycles. The summed E-state index contributed by atoms with van der Waals surface area (Å²) in [5.41, 5.74) is 3.29. The summed E-state index contributed by atoms with van der Waals surface area (Å²) in [6, 6.07) is 12.7. The van der Waals surface area contributed by atoms with Crippen molar-refractivity contribution in [3.05, 3.63) is 92.9 Å². The van der Waals surface area contributed by atoms with Gasteiger partial charge in [0, 0.05) is 25.5 Å². The molecule has 0 bridgehead atoms. The van der Waals surface area contributed by atoms with Gasteiger partial charge in [-0.05, 0) is 53.6 Å². The second kappa shape index (κ2) is 7.76. The van der Waals surface area contributed by atoms with Crippen molar-refractivity contribution in [3.63, 3.8) is 0 Å². The zero-order valence-electron chi connectivity index (χ0n) is 15.8. The second-order valence-corrected chi connectivity index (χ2v) is 7.96. The molecule has 0 fully saturated rings. The summed E-state index contributed by atoms with van der Waals surface area (Å²) < 4.78 is 11.9. The molecule has 2 aliphatic heterocycles. The first-order valence-electron chi connectivity index (χ1n) is 9.38. The fraction of sp³-hybridized carbons (Fsp3) is 0.130. The van der Waals surface area contributed by atoms with Gasteiger partial charge >= 0.3 is 0 Å².